The molecule has 1 aliphatic heterocycles. The van der Waals surface area contributed by atoms with Crippen LogP contribution in [0.25, 0.3) is 0 Å². The Labute approximate surface area is 205 Å². The van der Waals surface area contributed by atoms with Gasteiger partial charge < -0.3 is 29.9 Å². The lowest BCUT2D eigenvalue weighted by atomic mass is 9.77. The van der Waals surface area contributed by atoms with Crippen LogP contribution in [-0.4, -0.2) is 78.3 Å². The molecule has 1 saturated carbocycles. The first-order valence-electron chi connectivity index (χ1n) is 12.4. The Morgan fingerprint density at radius 2 is 2.09 bits per heavy atom. The monoisotopic (exact) mass is 486 g/mol. The van der Waals surface area contributed by atoms with Crippen LogP contribution >= 0.6 is 0 Å². The molecule has 3 N–H and O–H groups in total. The zero-order valence-electron chi connectivity index (χ0n) is 20.2. The molecule has 0 aromatic heterocycles. The highest BCUT2D eigenvalue weighted by Crippen LogP contribution is 2.51. The van der Waals surface area contributed by atoms with Gasteiger partial charge in [0.1, 0.15) is 18.5 Å². The number of nitrogens with one attached hydrogen (secondary N) is 1. The topological polar surface area (TPSA) is 125 Å². The summed E-state index contributed by atoms with van der Waals surface area (Å²) in [7, 11) is 1.46. The van der Waals surface area contributed by atoms with Crippen molar-refractivity contribution in [2.45, 2.75) is 63.2 Å². The number of benzene rings is 1. The third-order valence-electron chi connectivity index (χ3n) is 6.99. The van der Waals surface area contributed by atoms with Crippen LogP contribution in [0.2, 0.25) is 0 Å². The van der Waals surface area contributed by atoms with E-state index >= 15 is 0 Å². The van der Waals surface area contributed by atoms with Crippen molar-refractivity contribution in [1.82, 2.24) is 10.2 Å². The van der Waals surface area contributed by atoms with Crippen molar-refractivity contribution in [2.75, 3.05) is 26.8 Å². The van der Waals surface area contributed by atoms with Gasteiger partial charge in [-0.25, -0.2) is 0 Å². The molecule has 1 aromatic carbocycles. The SMILES string of the molecule is CCCCC(=O)N(CC1CC1)C1C=C(C(=O)NCCO)C2c3cc(C=O)cc(OC)c3OC2C1O. The molecule has 4 atom stereocenters. The van der Waals surface area contributed by atoms with Crippen LogP contribution in [0.15, 0.2) is 23.8 Å². The van der Waals surface area contributed by atoms with Gasteiger partial charge in [0.2, 0.25) is 11.8 Å². The molecule has 2 aliphatic carbocycles. The Hall–Kier alpha value is -2.91. The van der Waals surface area contributed by atoms with E-state index in [9.17, 15) is 24.6 Å². The van der Waals surface area contributed by atoms with Gasteiger partial charge in [0.25, 0.3) is 0 Å². The van der Waals surface area contributed by atoms with Crippen molar-refractivity contribution in [3.63, 3.8) is 0 Å². The Bertz CT molecular complexity index is 1000. The lowest BCUT2D eigenvalue weighted by Gasteiger charge is -2.41. The summed E-state index contributed by atoms with van der Waals surface area (Å²) in [5.41, 5.74) is 1.28. The fourth-order valence-electron chi connectivity index (χ4n) is 5.00. The van der Waals surface area contributed by atoms with Crippen molar-refractivity contribution < 1.29 is 34.1 Å². The van der Waals surface area contributed by atoms with E-state index in [2.05, 4.69) is 5.32 Å². The van der Waals surface area contributed by atoms with Crippen LogP contribution in [0.1, 0.15) is 60.9 Å². The second-order valence-electron chi connectivity index (χ2n) is 9.50. The predicted octanol–water partition coefficient (Wildman–Crippen LogP) is 1.56. The predicted molar refractivity (Wildman–Crippen MR) is 127 cm³/mol. The lowest BCUT2D eigenvalue weighted by Crippen LogP contribution is -2.56. The number of amides is 2. The fraction of sp³-hybridized carbons (Fsp3) is 0.577. The van der Waals surface area contributed by atoms with E-state index in [4.69, 9.17) is 9.47 Å². The van der Waals surface area contributed by atoms with Gasteiger partial charge in [-0.3, -0.25) is 14.4 Å². The third kappa shape index (κ3) is 5.06. The summed E-state index contributed by atoms with van der Waals surface area (Å²) in [5.74, 6) is -0.0135. The van der Waals surface area contributed by atoms with E-state index in [1.54, 1.807) is 23.1 Å². The van der Waals surface area contributed by atoms with Gasteiger partial charge >= 0.3 is 0 Å². The van der Waals surface area contributed by atoms with Crippen molar-refractivity contribution in [3.05, 3.63) is 34.9 Å². The largest absolute Gasteiger partial charge is 0.493 e. The van der Waals surface area contributed by atoms with Crippen LogP contribution < -0.4 is 14.8 Å². The van der Waals surface area contributed by atoms with Crippen molar-refractivity contribution in [2.24, 2.45) is 5.92 Å². The Morgan fingerprint density at radius 3 is 2.71 bits per heavy atom. The Balaban J connectivity index is 1.77. The van der Waals surface area contributed by atoms with Gasteiger partial charge in [-0.2, -0.15) is 0 Å². The van der Waals surface area contributed by atoms with E-state index in [-0.39, 0.29) is 19.1 Å². The summed E-state index contributed by atoms with van der Waals surface area (Å²) in [6.45, 7) is 2.38. The van der Waals surface area contributed by atoms with Gasteiger partial charge in [-0.1, -0.05) is 13.3 Å². The number of fused-ring (bicyclic) bond motifs is 3. The molecule has 4 rings (SSSR count). The molecule has 2 amide bonds. The Kier molecular flexibility index (Phi) is 7.76. The number of unbranched alkanes of at least 4 members (excludes halogenated alkanes) is 1. The normalized spacial score (nSPS) is 24.5. The Morgan fingerprint density at radius 1 is 1.31 bits per heavy atom. The highest BCUT2D eigenvalue weighted by Gasteiger charge is 2.51. The van der Waals surface area contributed by atoms with Crippen LogP contribution in [0.3, 0.4) is 0 Å². The van der Waals surface area contributed by atoms with Crippen LogP contribution in [0.5, 0.6) is 11.5 Å². The lowest BCUT2D eigenvalue weighted by molar-refractivity contribution is -0.137. The van der Waals surface area contributed by atoms with E-state index < -0.39 is 30.1 Å². The number of aldehydes is 1. The van der Waals surface area contributed by atoms with Gasteiger partial charge in [0.05, 0.1) is 25.7 Å². The fourth-order valence-corrected chi connectivity index (χ4v) is 5.00. The minimum atomic E-state index is -1.09. The number of hydrogen-bond donors (Lipinski definition) is 3. The number of rotatable bonds is 11. The van der Waals surface area contributed by atoms with Crippen molar-refractivity contribution >= 4 is 18.1 Å². The van der Waals surface area contributed by atoms with E-state index in [0.29, 0.717) is 53.4 Å². The van der Waals surface area contributed by atoms with Gasteiger partial charge in [-0.15, -0.1) is 0 Å². The first-order chi connectivity index (χ1) is 16.9. The van der Waals surface area contributed by atoms with Gasteiger partial charge in [-0.05, 0) is 43.4 Å². The van der Waals surface area contributed by atoms with Crippen molar-refractivity contribution in [3.8, 4) is 11.5 Å². The van der Waals surface area contributed by atoms with E-state index in [1.165, 1.54) is 7.11 Å². The molecule has 9 nitrogen and oxygen atoms in total. The van der Waals surface area contributed by atoms with E-state index in [0.717, 1.165) is 25.7 Å². The van der Waals surface area contributed by atoms with Crippen LogP contribution in [0, 0.1) is 5.92 Å². The average molecular weight is 487 g/mol. The number of hydrogen-bond acceptors (Lipinski definition) is 7. The molecule has 1 fully saturated rings. The van der Waals surface area contributed by atoms with Crippen LogP contribution in [-0.2, 0) is 9.59 Å². The second kappa shape index (κ2) is 10.8. The summed E-state index contributed by atoms with van der Waals surface area (Å²) in [6.07, 6.45) is 4.50. The molecule has 35 heavy (non-hydrogen) atoms. The molecule has 0 bridgehead atoms. The third-order valence-corrected chi connectivity index (χ3v) is 6.99. The van der Waals surface area contributed by atoms with Crippen molar-refractivity contribution in [1.29, 1.82) is 0 Å². The molecule has 0 saturated heterocycles. The first kappa shape index (κ1) is 25.2. The molecule has 0 spiro atoms. The van der Waals surface area contributed by atoms with Gasteiger partial charge in [0.15, 0.2) is 11.5 Å². The number of methoxy groups -OCH3 is 1. The molecular weight excluding hydrogens is 452 g/mol. The molecule has 1 aromatic rings. The molecule has 9 heteroatoms. The summed E-state index contributed by atoms with van der Waals surface area (Å²) in [4.78, 5) is 39.7. The minimum absolute atomic E-state index is 0.0519. The number of carbonyl (C=O) groups is 3. The number of aliphatic hydroxyl groups is 2. The maximum absolute atomic E-state index is 13.2. The standard InChI is InChI=1S/C26H34N2O7/c1-3-4-5-21(31)28(13-15-6-7-15)19-12-18(26(33)27-8-9-29)22-17-10-16(14-30)11-20(34-2)24(17)35-25(22)23(19)32/h10-12,14-15,19,22-23,25,29,32H,3-9,13H2,1-2H3,(H,27,33). The maximum atomic E-state index is 13.2. The molecular formula is C26H34N2O7. The highest BCUT2D eigenvalue weighted by molar-refractivity contribution is 5.96. The molecule has 3 aliphatic rings. The highest BCUT2D eigenvalue weighted by atomic mass is 16.5. The molecule has 190 valence electrons. The zero-order chi connectivity index (χ0) is 25.1. The zero-order valence-corrected chi connectivity index (χ0v) is 20.2. The number of aliphatic hydroxyl groups excluding tert-OH is 2. The number of ether oxygens (including phenoxy) is 2. The smallest absolute Gasteiger partial charge is 0.247 e. The maximum Gasteiger partial charge on any atom is 0.247 e. The minimum Gasteiger partial charge on any atom is -0.493 e. The number of carbonyl (C=O) groups excluding carboxylic acids is 3. The molecule has 4 unspecified atom stereocenters. The quantitative estimate of drug-likeness (QED) is 0.405. The van der Waals surface area contributed by atoms with E-state index in [1.807, 2.05) is 6.92 Å². The first-order valence-corrected chi connectivity index (χ1v) is 12.4. The molecule has 0 radical (unpaired) electrons. The summed E-state index contributed by atoms with van der Waals surface area (Å²) in [6, 6.07) is 2.46. The summed E-state index contributed by atoms with van der Waals surface area (Å²) < 4.78 is 11.6. The average Bonchev–Trinajstić information content (AvgIpc) is 3.61. The summed E-state index contributed by atoms with van der Waals surface area (Å²) >= 11 is 0. The van der Waals surface area contributed by atoms with Crippen LogP contribution in [0.4, 0.5) is 0 Å². The molecule has 1 heterocycles. The summed E-state index contributed by atoms with van der Waals surface area (Å²) in [5, 5.41) is 23.4. The van der Waals surface area contributed by atoms with Gasteiger partial charge in [0, 0.05) is 36.2 Å². The second-order valence-corrected chi connectivity index (χ2v) is 9.50. The number of nitrogens with zero attached hydrogens (tertiary/aromatic N) is 1.